The molecule has 0 aromatic heterocycles. The van der Waals surface area contributed by atoms with E-state index in [1.165, 1.54) is 0 Å². The number of rotatable bonds is 5. The van der Waals surface area contributed by atoms with Crippen molar-refractivity contribution in [3.8, 4) is 0 Å². The predicted octanol–water partition coefficient (Wildman–Crippen LogP) is 0.852. The van der Waals surface area contributed by atoms with E-state index in [4.69, 9.17) is 0 Å². The summed E-state index contributed by atoms with van der Waals surface area (Å²) in [5, 5.41) is 9.29. The summed E-state index contributed by atoms with van der Waals surface area (Å²) >= 11 is 0. The molecule has 7 heteroatoms. The van der Waals surface area contributed by atoms with Gasteiger partial charge in [-0.05, 0) is 33.6 Å². The minimum atomic E-state index is -3.65. The van der Waals surface area contributed by atoms with Crippen LogP contribution in [0, 0.1) is 5.41 Å². The lowest BCUT2D eigenvalue weighted by Gasteiger charge is -2.38. The first-order valence-corrected chi connectivity index (χ1v) is 7.69. The van der Waals surface area contributed by atoms with E-state index < -0.39 is 27.6 Å². The molecule has 0 aliphatic heterocycles. The fourth-order valence-electron chi connectivity index (χ4n) is 2.31. The second-order valence-corrected chi connectivity index (χ2v) is 6.89. The summed E-state index contributed by atoms with van der Waals surface area (Å²) in [6, 6.07) is -0.776. The molecule has 18 heavy (non-hydrogen) atoms. The Morgan fingerprint density at radius 2 is 2.00 bits per heavy atom. The lowest BCUT2D eigenvalue weighted by atomic mass is 9.72. The molecule has 0 radical (unpaired) electrons. The Morgan fingerprint density at radius 1 is 1.39 bits per heavy atom. The third kappa shape index (κ3) is 3.66. The van der Waals surface area contributed by atoms with Crippen molar-refractivity contribution in [3.63, 3.8) is 0 Å². The number of aliphatic carboxylic acids is 1. The third-order valence-electron chi connectivity index (χ3n) is 3.38. The van der Waals surface area contributed by atoms with Gasteiger partial charge in [0.25, 0.3) is 10.2 Å². The number of carboxylic acid groups (broad SMARTS) is 1. The van der Waals surface area contributed by atoms with Crippen LogP contribution in [0.1, 0.15) is 46.5 Å². The highest BCUT2D eigenvalue weighted by molar-refractivity contribution is 7.87. The third-order valence-corrected chi connectivity index (χ3v) is 4.76. The molecule has 3 N–H and O–H groups in total. The van der Waals surface area contributed by atoms with Crippen molar-refractivity contribution >= 4 is 16.2 Å². The van der Waals surface area contributed by atoms with Gasteiger partial charge in [-0.1, -0.05) is 12.8 Å². The van der Waals surface area contributed by atoms with Crippen LogP contribution in [0.25, 0.3) is 0 Å². The molecule has 1 fully saturated rings. The van der Waals surface area contributed by atoms with Crippen molar-refractivity contribution in [1.82, 2.24) is 9.44 Å². The SMILES string of the molecule is CC(C)NS(=O)(=O)NC1CCCCC1(C)C(=O)O. The Kier molecular flexibility index (Phi) is 4.74. The zero-order valence-corrected chi connectivity index (χ0v) is 11.9. The first-order valence-electron chi connectivity index (χ1n) is 6.20. The van der Waals surface area contributed by atoms with Crippen LogP contribution in [0.5, 0.6) is 0 Å². The van der Waals surface area contributed by atoms with Gasteiger partial charge in [0.05, 0.1) is 5.41 Å². The van der Waals surface area contributed by atoms with Crippen molar-refractivity contribution in [2.24, 2.45) is 5.41 Å². The number of carboxylic acids is 1. The molecule has 1 aliphatic carbocycles. The van der Waals surface area contributed by atoms with E-state index >= 15 is 0 Å². The first-order chi connectivity index (χ1) is 8.17. The zero-order valence-electron chi connectivity index (χ0n) is 11.1. The Hall–Kier alpha value is -0.660. The molecule has 6 nitrogen and oxygen atoms in total. The van der Waals surface area contributed by atoms with Crippen molar-refractivity contribution in [2.75, 3.05) is 0 Å². The summed E-state index contributed by atoms with van der Waals surface area (Å²) in [5.41, 5.74) is -1.02. The standard InChI is InChI=1S/C11H22N2O4S/c1-8(2)12-18(16,17)13-9-6-4-5-7-11(9,3)10(14)15/h8-9,12-13H,4-7H2,1-3H3,(H,14,15). The van der Waals surface area contributed by atoms with Crippen LogP contribution >= 0.6 is 0 Å². The highest BCUT2D eigenvalue weighted by atomic mass is 32.2. The van der Waals surface area contributed by atoms with Crippen LogP contribution in [0.4, 0.5) is 0 Å². The molecule has 0 spiro atoms. The number of hydrogen-bond donors (Lipinski definition) is 3. The Bertz CT molecular complexity index is 407. The van der Waals surface area contributed by atoms with E-state index in [1.54, 1.807) is 20.8 Å². The Labute approximate surface area is 108 Å². The quantitative estimate of drug-likeness (QED) is 0.695. The van der Waals surface area contributed by atoms with Gasteiger partial charge in [-0.15, -0.1) is 0 Å². The summed E-state index contributed by atoms with van der Waals surface area (Å²) in [4.78, 5) is 11.3. The van der Waals surface area contributed by atoms with Gasteiger partial charge in [0.15, 0.2) is 0 Å². The van der Waals surface area contributed by atoms with Gasteiger partial charge >= 0.3 is 5.97 Å². The molecule has 1 aliphatic rings. The second kappa shape index (κ2) is 5.54. The average molecular weight is 278 g/mol. The smallest absolute Gasteiger partial charge is 0.310 e. The average Bonchev–Trinajstić information content (AvgIpc) is 2.19. The van der Waals surface area contributed by atoms with Crippen LogP contribution in [0.2, 0.25) is 0 Å². The van der Waals surface area contributed by atoms with Gasteiger partial charge < -0.3 is 5.11 Å². The Balaban J connectivity index is 2.84. The highest BCUT2D eigenvalue weighted by Crippen LogP contribution is 2.36. The van der Waals surface area contributed by atoms with Crippen LogP contribution in [0.15, 0.2) is 0 Å². The minimum Gasteiger partial charge on any atom is -0.481 e. The molecule has 0 heterocycles. The predicted molar refractivity (Wildman–Crippen MR) is 68.3 cm³/mol. The lowest BCUT2D eigenvalue weighted by Crippen LogP contribution is -2.55. The maximum atomic E-state index is 11.8. The molecule has 2 unspecified atom stereocenters. The highest BCUT2D eigenvalue weighted by Gasteiger charge is 2.44. The summed E-state index contributed by atoms with van der Waals surface area (Å²) in [7, 11) is -3.65. The molecule has 1 saturated carbocycles. The molecule has 106 valence electrons. The molecule has 0 aromatic rings. The maximum Gasteiger partial charge on any atom is 0.310 e. The van der Waals surface area contributed by atoms with Gasteiger partial charge in [-0.25, -0.2) is 0 Å². The van der Waals surface area contributed by atoms with Crippen LogP contribution in [0.3, 0.4) is 0 Å². The fraction of sp³-hybridized carbons (Fsp3) is 0.909. The summed E-state index contributed by atoms with van der Waals surface area (Å²) in [6.07, 6.45) is 2.72. The van der Waals surface area contributed by atoms with Gasteiger partial charge in [-0.2, -0.15) is 17.9 Å². The summed E-state index contributed by atoms with van der Waals surface area (Å²) in [5.74, 6) is -0.945. The van der Waals surface area contributed by atoms with Gasteiger partial charge in [0.1, 0.15) is 0 Å². The molecule has 0 saturated heterocycles. The summed E-state index contributed by atoms with van der Waals surface area (Å²) < 4.78 is 28.5. The van der Waals surface area contributed by atoms with E-state index in [1.807, 2.05) is 0 Å². The summed E-state index contributed by atoms with van der Waals surface area (Å²) in [6.45, 7) is 5.05. The molecule has 1 rings (SSSR count). The normalized spacial score (nSPS) is 29.4. The van der Waals surface area contributed by atoms with Crippen LogP contribution < -0.4 is 9.44 Å². The van der Waals surface area contributed by atoms with Crippen molar-refractivity contribution < 1.29 is 18.3 Å². The van der Waals surface area contributed by atoms with E-state index in [0.29, 0.717) is 12.8 Å². The minimum absolute atomic E-state index is 0.220. The van der Waals surface area contributed by atoms with Crippen LogP contribution in [-0.4, -0.2) is 31.6 Å². The fourth-order valence-corrected chi connectivity index (χ4v) is 3.75. The van der Waals surface area contributed by atoms with Gasteiger partial charge in [0.2, 0.25) is 0 Å². The van der Waals surface area contributed by atoms with Crippen molar-refractivity contribution in [2.45, 2.75) is 58.5 Å². The van der Waals surface area contributed by atoms with E-state index in [0.717, 1.165) is 12.8 Å². The number of nitrogens with one attached hydrogen (secondary N) is 2. The largest absolute Gasteiger partial charge is 0.481 e. The maximum absolute atomic E-state index is 11.8. The van der Waals surface area contributed by atoms with E-state index in [-0.39, 0.29) is 6.04 Å². The van der Waals surface area contributed by atoms with E-state index in [2.05, 4.69) is 9.44 Å². The number of hydrogen-bond acceptors (Lipinski definition) is 3. The zero-order chi connectivity index (χ0) is 14.0. The van der Waals surface area contributed by atoms with E-state index in [9.17, 15) is 18.3 Å². The molecule has 0 amide bonds. The van der Waals surface area contributed by atoms with Crippen LogP contribution in [-0.2, 0) is 15.0 Å². The first kappa shape index (κ1) is 15.4. The molecular formula is C11H22N2O4S. The Morgan fingerprint density at radius 3 is 2.50 bits per heavy atom. The molecule has 0 bridgehead atoms. The monoisotopic (exact) mass is 278 g/mol. The molecule has 0 aromatic carbocycles. The van der Waals surface area contributed by atoms with Crippen molar-refractivity contribution in [3.05, 3.63) is 0 Å². The lowest BCUT2D eigenvalue weighted by molar-refractivity contribution is -0.151. The van der Waals surface area contributed by atoms with Gasteiger partial charge in [0, 0.05) is 12.1 Å². The molecule has 2 atom stereocenters. The topological polar surface area (TPSA) is 95.5 Å². The van der Waals surface area contributed by atoms with Gasteiger partial charge in [-0.3, -0.25) is 4.79 Å². The number of carbonyl (C=O) groups is 1. The second-order valence-electron chi connectivity index (χ2n) is 5.41. The molecular weight excluding hydrogens is 256 g/mol. The van der Waals surface area contributed by atoms with Crippen molar-refractivity contribution in [1.29, 1.82) is 0 Å².